The Hall–Kier alpha value is -7.30. The van der Waals surface area contributed by atoms with Gasteiger partial charge in [0.15, 0.2) is 0 Å². The largest absolute Gasteiger partial charge is 0.309 e. The maximum absolute atomic E-state index is 2.55. The molecule has 14 aromatic rings. The van der Waals surface area contributed by atoms with Gasteiger partial charge in [-0.1, -0.05) is 109 Å². The van der Waals surface area contributed by atoms with Crippen LogP contribution in [0.5, 0.6) is 0 Å². The van der Waals surface area contributed by atoms with Crippen LogP contribution in [0.1, 0.15) is 0 Å². The molecule has 8 aromatic carbocycles. The Morgan fingerprint density at radius 3 is 1.02 bits per heavy atom. The molecule has 248 valence electrons. The lowest BCUT2D eigenvalue weighted by atomic mass is 10.1. The van der Waals surface area contributed by atoms with Crippen LogP contribution in [0, 0.1) is 0 Å². The molecule has 0 bridgehead atoms. The second kappa shape index (κ2) is 9.37. The molecule has 14 rings (SSSR count). The zero-order valence-electron chi connectivity index (χ0n) is 29.0. The fourth-order valence-corrected chi connectivity index (χ4v) is 10.3. The number of aromatic nitrogens is 4. The average molecular weight is 685 g/mol. The predicted octanol–water partition coefficient (Wildman–Crippen LogP) is 13.0. The van der Waals surface area contributed by atoms with E-state index in [1.165, 1.54) is 120 Å². The molecule has 6 aromatic heterocycles. The van der Waals surface area contributed by atoms with Crippen LogP contribution in [-0.4, -0.2) is 17.9 Å². The monoisotopic (exact) mass is 684 g/mol. The highest BCUT2D eigenvalue weighted by atomic mass is 15.1. The molecule has 0 amide bonds. The Morgan fingerprint density at radius 2 is 0.611 bits per heavy atom. The molecule has 4 heteroatoms. The van der Waals surface area contributed by atoms with Crippen molar-refractivity contribution in [2.45, 2.75) is 0 Å². The van der Waals surface area contributed by atoms with Crippen molar-refractivity contribution in [3.8, 4) is 11.4 Å². The highest BCUT2D eigenvalue weighted by Gasteiger charge is 2.26. The fraction of sp³-hybridized carbons (Fsp3) is 0. The first-order valence-electron chi connectivity index (χ1n) is 18.7. The maximum atomic E-state index is 2.55. The molecule has 0 aliphatic rings. The van der Waals surface area contributed by atoms with E-state index in [0.29, 0.717) is 0 Å². The van der Waals surface area contributed by atoms with Crippen molar-refractivity contribution < 1.29 is 0 Å². The lowest BCUT2D eigenvalue weighted by Crippen LogP contribution is -1.94. The Morgan fingerprint density at radius 1 is 0.259 bits per heavy atom. The van der Waals surface area contributed by atoms with Crippen LogP contribution in [-0.2, 0) is 0 Å². The summed E-state index contributed by atoms with van der Waals surface area (Å²) < 4.78 is 9.95. The van der Waals surface area contributed by atoms with Crippen molar-refractivity contribution in [3.63, 3.8) is 0 Å². The number of para-hydroxylation sites is 6. The molecule has 6 heterocycles. The molecule has 0 fully saturated rings. The summed E-state index contributed by atoms with van der Waals surface area (Å²) >= 11 is 0. The lowest BCUT2D eigenvalue weighted by molar-refractivity contribution is 1.18. The highest BCUT2D eigenvalue weighted by Crippen LogP contribution is 2.47. The second-order valence-electron chi connectivity index (χ2n) is 14.9. The van der Waals surface area contributed by atoms with E-state index < -0.39 is 0 Å². The normalized spacial score (nSPS) is 12.8. The molecular weight excluding hydrogens is 657 g/mol. The van der Waals surface area contributed by atoms with Gasteiger partial charge in [0.1, 0.15) is 5.65 Å². The van der Waals surface area contributed by atoms with Crippen molar-refractivity contribution in [1.29, 1.82) is 0 Å². The fourth-order valence-electron chi connectivity index (χ4n) is 10.3. The summed E-state index contributed by atoms with van der Waals surface area (Å²) in [5.74, 6) is 0. The van der Waals surface area contributed by atoms with E-state index in [4.69, 9.17) is 0 Å². The van der Waals surface area contributed by atoms with Gasteiger partial charge in [0.25, 0.3) is 0 Å². The molecule has 0 unspecified atom stereocenters. The van der Waals surface area contributed by atoms with E-state index in [9.17, 15) is 0 Å². The van der Waals surface area contributed by atoms with Crippen molar-refractivity contribution in [2.75, 3.05) is 0 Å². The van der Waals surface area contributed by atoms with Gasteiger partial charge in [0.2, 0.25) is 0 Å². The SMILES string of the molecule is c1ccc2c(c1)c1ccccc1n2-c1ccc2c(c1)c1cccc3c4c5cccc6c7cc(-n8c9ccccc9c9ccccc98)ccc7n(c65)c4n2c13. The highest BCUT2D eigenvalue weighted by molar-refractivity contribution is 6.33. The lowest BCUT2D eigenvalue weighted by Gasteiger charge is -2.09. The summed E-state index contributed by atoms with van der Waals surface area (Å²) in [5.41, 5.74) is 13.6. The quantitative estimate of drug-likeness (QED) is 0.173. The van der Waals surface area contributed by atoms with Gasteiger partial charge in [-0.25, -0.2) is 0 Å². The molecule has 0 radical (unpaired) electrons. The molecule has 4 nitrogen and oxygen atoms in total. The van der Waals surface area contributed by atoms with Crippen molar-refractivity contribution in [2.24, 2.45) is 0 Å². The number of nitrogens with zero attached hydrogens (tertiary/aromatic N) is 4. The number of fused-ring (bicyclic) bond motifs is 17. The van der Waals surface area contributed by atoms with Gasteiger partial charge in [0.05, 0.1) is 44.1 Å². The van der Waals surface area contributed by atoms with E-state index in [2.05, 4.69) is 188 Å². The van der Waals surface area contributed by atoms with Gasteiger partial charge >= 0.3 is 0 Å². The van der Waals surface area contributed by atoms with Gasteiger partial charge < -0.3 is 9.13 Å². The minimum atomic E-state index is 1.18. The van der Waals surface area contributed by atoms with E-state index in [-0.39, 0.29) is 0 Å². The standard InChI is InChI=1S/C50H28N4/c1-5-19-41-31(11-1)32-12-2-6-20-42(32)51(41)29-23-25-45-39(27-29)35-15-9-17-37-47-38-18-10-16-36-40-28-30(24-26-46(40)54(49(36)38)50(47)53(45)48(35)37)52-43-21-7-3-13-33(43)34-14-4-8-22-44(34)52/h1-28H. The Balaban J connectivity index is 1.09. The van der Waals surface area contributed by atoms with Gasteiger partial charge in [-0.15, -0.1) is 0 Å². The van der Waals surface area contributed by atoms with Crippen LogP contribution in [0.25, 0.3) is 120 Å². The van der Waals surface area contributed by atoms with Gasteiger partial charge in [0, 0.05) is 70.6 Å². The number of rotatable bonds is 2. The smallest absolute Gasteiger partial charge is 0.131 e. The van der Waals surface area contributed by atoms with Gasteiger partial charge in [-0.3, -0.25) is 8.80 Å². The molecule has 0 N–H and O–H groups in total. The minimum absolute atomic E-state index is 1.18. The van der Waals surface area contributed by atoms with Crippen LogP contribution < -0.4 is 0 Å². The molecule has 0 aliphatic carbocycles. The van der Waals surface area contributed by atoms with Gasteiger partial charge in [-0.05, 0) is 60.7 Å². The number of benzene rings is 8. The first-order valence-corrected chi connectivity index (χ1v) is 18.7. The van der Waals surface area contributed by atoms with E-state index in [0.717, 1.165) is 0 Å². The third kappa shape index (κ3) is 3.07. The molecule has 0 aliphatic heterocycles. The summed E-state index contributed by atoms with van der Waals surface area (Å²) in [6, 6.07) is 62.9. The van der Waals surface area contributed by atoms with E-state index in [1.54, 1.807) is 0 Å². The first-order chi connectivity index (χ1) is 26.8. The summed E-state index contributed by atoms with van der Waals surface area (Å²) in [6.07, 6.45) is 0. The Kier molecular flexibility index (Phi) is 4.75. The van der Waals surface area contributed by atoms with E-state index >= 15 is 0 Å². The zero-order valence-corrected chi connectivity index (χ0v) is 29.0. The molecule has 0 atom stereocenters. The van der Waals surface area contributed by atoms with Crippen LogP contribution in [0.2, 0.25) is 0 Å². The zero-order chi connectivity index (χ0) is 34.8. The van der Waals surface area contributed by atoms with E-state index in [1.807, 2.05) is 0 Å². The van der Waals surface area contributed by atoms with Crippen LogP contribution >= 0.6 is 0 Å². The van der Waals surface area contributed by atoms with Crippen LogP contribution in [0.4, 0.5) is 0 Å². The summed E-state index contributed by atoms with van der Waals surface area (Å²) in [7, 11) is 0. The predicted molar refractivity (Wildman–Crippen MR) is 227 cm³/mol. The third-order valence-corrected chi connectivity index (χ3v) is 12.4. The Labute approximate surface area is 307 Å². The first kappa shape index (κ1) is 27.4. The van der Waals surface area contributed by atoms with Gasteiger partial charge in [-0.2, -0.15) is 0 Å². The summed E-state index contributed by atoms with van der Waals surface area (Å²) in [5, 5.41) is 14.2. The summed E-state index contributed by atoms with van der Waals surface area (Å²) in [4.78, 5) is 0. The maximum Gasteiger partial charge on any atom is 0.131 e. The molecular formula is C50H28N4. The topological polar surface area (TPSA) is 18.7 Å². The molecule has 0 saturated carbocycles. The third-order valence-electron chi connectivity index (χ3n) is 12.4. The second-order valence-corrected chi connectivity index (χ2v) is 14.9. The van der Waals surface area contributed by atoms with Crippen molar-refractivity contribution >= 4 is 109 Å². The summed E-state index contributed by atoms with van der Waals surface area (Å²) in [6.45, 7) is 0. The molecule has 0 spiro atoms. The number of hydrogen-bond acceptors (Lipinski definition) is 0. The van der Waals surface area contributed by atoms with Crippen LogP contribution in [0.15, 0.2) is 170 Å². The van der Waals surface area contributed by atoms with Crippen LogP contribution in [0.3, 0.4) is 0 Å². The molecule has 0 saturated heterocycles. The molecule has 54 heavy (non-hydrogen) atoms. The van der Waals surface area contributed by atoms with Crippen molar-refractivity contribution in [3.05, 3.63) is 170 Å². The number of hydrogen-bond donors (Lipinski definition) is 0. The van der Waals surface area contributed by atoms with Crippen molar-refractivity contribution in [1.82, 2.24) is 17.9 Å². The average Bonchev–Trinajstić information content (AvgIpc) is 4.05. The minimum Gasteiger partial charge on any atom is -0.309 e. The Bertz CT molecular complexity index is 3540.